The molecule has 0 aromatic heterocycles. The van der Waals surface area contributed by atoms with Gasteiger partial charge in [0.2, 0.25) is 5.91 Å². The molecular formula is C17H16N2O2. The number of hydrogen-bond donors (Lipinski definition) is 1. The molecule has 21 heavy (non-hydrogen) atoms. The lowest BCUT2D eigenvalue weighted by molar-refractivity contribution is -0.123. The molecule has 3 rings (SSSR count). The van der Waals surface area contributed by atoms with Crippen LogP contribution in [0.5, 0.6) is 0 Å². The van der Waals surface area contributed by atoms with E-state index in [0.717, 1.165) is 5.69 Å². The van der Waals surface area contributed by atoms with Crippen molar-refractivity contribution in [2.24, 2.45) is 0 Å². The van der Waals surface area contributed by atoms with E-state index in [9.17, 15) is 9.59 Å². The van der Waals surface area contributed by atoms with Gasteiger partial charge in [0.15, 0.2) is 0 Å². The highest BCUT2D eigenvalue weighted by Crippen LogP contribution is 2.22. The third kappa shape index (κ3) is 2.79. The Hall–Kier alpha value is -2.62. The van der Waals surface area contributed by atoms with Gasteiger partial charge in [0, 0.05) is 17.8 Å². The van der Waals surface area contributed by atoms with E-state index in [2.05, 4.69) is 5.32 Å². The molecule has 1 atom stereocenters. The van der Waals surface area contributed by atoms with Crippen LogP contribution in [-0.4, -0.2) is 29.3 Å². The number of carbonyl (C=O) groups is 2. The van der Waals surface area contributed by atoms with E-state index in [1.165, 1.54) is 0 Å². The molecule has 0 bridgehead atoms. The zero-order valence-corrected chi connectivity index (χ0v) is 11.5. The molecule has 2 aromatic rings. The molecule has 0 unspecified atom stereocenters. The highest BCUT2D eigenvalue weighted by Gasteiger charge is 2.37. The number of benzene rings is 2. The molecular weight excluding hydrogens is 264 g/mol. The second-order valence-electron chi connectivity index (χ2n) is 5.02. The van der Waals surface area contributed by atoms with Crippen LogP contribution in [0, 0.1) is 0 Å². The van der Waals surface area contributed by atoms with Crippen LogP contribution in [0.15, 0.2) is 60.7 Å². The predicted molar refractivity (Wildman–Crippen MR) is 81.0 cm³/mol. The van der Waals surface area contributed by atoms with Gasteiger partial charge in [-0.05, 0) is 30.7 Å². The Balaban J connectivity index is 1.67. The van der Waals surface area contributed by atoms with Crippen LogP contribution in [0.3, 0.4) is 0 Å². The lowest BCUT2D eigenvalue weighted by Gasteiger charge is -2.39. The Morgan fingerprint density at radius 2 is 1.57 bits per heavy atom. The van der Waals surface area contributed by atoms with Crippen molar-refractivity contribution in [3.63, 3.8) is 0 Å². The van der Waals surface area contributed by atoms with Crippen molar-refractivity contribution in [2.75, 3.05) is 11.9 Å². The quantitative estimate of drug-likeness (QED) is 0.939. The summed E-state index contributed by atoms with van der Waals surface area (Å²) in [4.78, 5) is 26.2. The molecule has 4 nitrogen and oxygen atoms in total. The van der Waals surface area contributed by atoms with Crippen LogP contribution < -0.4 is 5.32 Å². The Labute approximate surface area is 123 Å². The molecule has 0 saturated carbocycles. The SMILES string of the molecule is O=C(Nc1ccccc1)[C@H]1CCN1C(=O)c1ccccc1. The standard InChI is InChI=1S/C17H16N2O2/c20-16(18-14-9-5-2-6-10-14)15-11-12-19(15)17(21)13-7-3-1-4-8-13/h1-10,15H,11-12H2,(H,18,20)/t15-/m1/s1. The summed E-state index contributed by atoms with van der Waals surface area (Å²) in [6.45, 7) is 0.626. The van der Waals surface area contributed by atoms with E-state index in [4.69, 9.17) is 0 Å². The van der Waals surface area contributed by atoms with Crippen molar-refractivity contribution in [1.82, 2.24) is 4.90 Å². The molecule has 0 spiro atoms. The van der Waals surface area contributed by atoms with E-state index >= 15 is 0 Å². The number of nitrogens with one attached hydrogen (secondary N) is 1. The Morgan fingerprint density at radius 1 is 0.952 bits per heavy atom. The third-order valence-corrected chi connectivity index (χ3v) is 3.65. The molecule has 0 aliphatic carbocycles. The fourth-order valence-electron chi connectivity index (χ4n) is 2.40. The van der Waals surface area contributed by atoms with Crippen LogP contribution in [0.1, 0.15) is 16.8 Å². The minimum absolute atomic E-state index is 0.0879. The lowest BCUT2D eigenvalue weighted by atomic mass is 10.00. The van der Waals surface area contributed by atoms with Crippen LogP contribution in [0.25, 0.3) is 0 Å². The maximum Gasteiger partial charge on any atom is 0.254 e. The Bertz CT molecular complexity index is 640. The summed E-state index contributed by atoms with van der Waals surface area (Å²) in [7, 11) is 0. The average molecular weight is 280 g/mol. The first-order valence-corrected chi connectivity index (χ1v) is 6.97. The number of rotatable bonds is 3. The fourth-order valence-corrected chi connectivity index (χ4v) is 2.40. The first kappa shape index (κ1) is 13.4. The van der Waals surface area contributed by atoms with Crippen molar-refractivity contribution in [3.8, 4) is 0 Å². The lowest BCUT2D eigenvalue weighted by Crippen LogP contribution is -2.56. The molecule has 2 amide bonds. The minimum atomic E-state index is -0.377. The summed E-state index contributed by atoms with van der Waals surface area (Å²) in [5.41, 5.74) is 1.37. The molecule has 1 N–H and O–H groups in total. The number of anilines is 1. The normalized spacial score (nSPS) is 17.0. The largest absolute Gasteiger partial charge is 0.326 e. The molecule has 1 fully saturated rings. The van der Waals surface area contributed by atoms with Gasteiger partial charge in [-0.25, -0.2) is 0 Å². The monoisotopic (exact) mass is 280 g/mol. The van der Waals surface area contributed by atoms with Gasteiger partial charge in [0.25, 0.3) is 5.91 Å². The van der Waals surface area contributed by atoms with Gasteiger partial charge in [-0.3, -0.25) is 9.59 Å². The molecule has 2 aromatic carbocycles. The highest BCUT2D eigenvalue weighted by atomic mass is 16.2. The molecule has 106 valence electrons. The Morgan fingerprint density at radius 3 is 2.14 bits per heavy atom. The number of likely N-dealkylation sites (tertiary alicyclic amines) is 1. The summed E-state index contributed by atoms with van der Waals surface area (Å²) in [5.74, 6) is -0.216. The number of nitrogens with zero attached hydrogens (tertiary/aromatic N) is 1. The van der Waals surface area contributed by atoms with Gasteiger partial charge in [-0.1, -0.05) is 36.4 Å². The zero-order chi connectivity index (χ0) is 14.7. The average Bonchev–Trinajstić information content (AvgIpc) is 2.48. The Kier molecular flexibility index (Phi) is 3.69. The van der Waals surface area contributed by atoms with Gasteiger partial charge in [-0.2, -0.15) is 0 Å². The highest BCUT2D eigenvalue weighted by molar-refractivity contribution is 6.02. The van der Waals surface area contributed by atoms with Crippen LogP contribution in [0.2, 0.25) is 0 Å². The minimum Gasteiger partial charge on any atom is -0.326 e. The van der Waals surface area contributed by atoms with Crippen molar-refractivity contribution in [3.05, 3.63) is 66.2 Å². The number of hydrogen-bond acceptors (Lipinski definition) is 2. The van der Waals surface area contributed by atoms with Crippen LogP contribution in [0.4, 0.5) is 5.69 Å². The van der Waals surface area contributed by atoms with Gasteiger partial charge in [0.05, 0.1) is 0 Å². The molecule has 1 heterocycles. The second kappa shape index (κ2) is 5.79. The molecule has 1 aliphatic heterocycles. The van der Waals surface area contributed by atoms with E-state index in [0.29, 0.717) is 18.5 Å². The van der Waals surface area contributed by atoms with Crippen molar-refractivity contribution in [1.29, 1.82) is 0 Å². The van der Waals surface area contributed by atoms with Crippen molar-refractivity contribution < 1.29 is 9.59 Å². The summed E-state index contributed by atoms with van der Waals surface area (Å²) in [5, 5.41) is 2.85. The van der Waals surface area contributed by atoms with Gasteiger partial charge in [-0.15, -0.1) is 0 Å². The van der Waals surface area contributed by atoms with E-state index in [1.54, 1.807) is 17.0 Å². The van der Waals surface area contributed by atoms with Gasteiger partial charge in [0.1, 0.15) is 6.04 Å². The summed E-state index contributed by atoms with van der Waals surface area (Å²) in [6.07, 6.45) is 0.706. The summed E-state index contributed by atoms with van der Waals surface area (Å²) in [6, 6.07) is 18.0. The summed E-state index contributed by atoms with van der Waals surface area (Å²) >= 11 is 0. The predicted octanol–water partition coefficient (Wildman–Crippen LogP) is 2.54. The third-order valence-electron chi connectivity index (χ3n) is 3.65. The first-order chi connectivity index (χ1) is 10.3. The molecule has 1 aliphatic rings. The zero-order valence-electron chi connectivity index (χ0n) is 11.5. The van der Waals surface area contributed by atoms with Crippen LogP contribution >= 0.6 is 0 Å². The van der Waals surface area contributed by atoms with Crippen molar-refractivity contribution in [2.45, 2.75) is 12.5 Å². The van der Waals surface area contributed by atoms with Gasteiger partial charge >= 0.3 is 0 Å². The smallest absolute Gasteiger partial charge is 0.254 e. The molecule has 4 heteroatoms. The number of para-hydroxylation sites is 1. The van der Waals surface area contributed by atoms with E-state index in [-0.39, 0.29) is 17.9 Å². The maximum atomic E-state index is 12.3. The topological polar surface area (TPSA) is 49.4 Å². The molecule has 0 radical (unpaired) electrons. The maximum absolute atomic E-state index is 12.3. The number of carbonyl (C=O) groups excluding carboxylic acids is 2. The van der Waals surface area contributed by atoms with E-state index < -0.39 is 0 Å². The summed E-state index contributed by atoms with van der Waals surface area (Å²) < 4.78 is 0. The molecule has 1 saturated heterocycles. The first-order valence-electron chi connectivity index (χ1n) is 6.97. The van der Waals surface area contributed by atoms with Crippen molar-refractivity contribution >= 4 is 17.5 Å². The van der Waals surface area contributed by atoms with E-state index in [1.807, 2.05) is 48.5 Å². The number of amides is 2. The fraction of sp³-hybridized carbons (Fsp3) is 0.176. The van der Waals surface area contributed by atoms with Crippen LogP contribution in [-0.2, 0) is 4.79 Å². The van der Waals surface area contributed by atoms with Gasteiger partial charge < -0.3 is 10.2 Å². The second-order valence-corrected chi connectivity index (χ2v) is 5.02.